The molecule has 0 aromatic heterocycles. The van der Waals surface area contributed by atoms with Crippen LogP contribution in [0, 0.1) is 24.1 Å². The van der Waals surface area contributed by atoms with Gasteiger partial charge in [-0.05, 0) is 43.2 Å². The van der Waals surface area contributed by atoms with Gasteiger partial charge in [0.1, 0.15) is 24.2 Å². The summed E-state index contributed by atoms with van der Waals surface area (Å²) in [4.78, 5) is 0. The van der Waals surface area contributed by atoms with Gasteiger partial charge >= 0.3 is 0 Å². The van der Waals surface area contributed by atoms with Gasteiger partial charge in [0.15, 0.2) is 0 Å². The number of nitrogens with zero attached hydrogens (tertiary/aromatic N) is 1. The van der Waals surface area contributed by atoms with Crippen LogP contribution in [0.3, 0.4) is 0 Å². The van der Waals surface area contributed by atoms with Crippen molar-refractivity contribution in [2.75, 3.05) is 0 Å². The zero-order valence-corrected chi connectivity index (χ0v) is 11.9. The summed E-state index contributed by atoms with van der Waals surface area (Å²) >= 11 is 0. The molecular weight excluding hydrogens is 269 g/mol. The molecule has 2 rings (SSSR count). The van der Waals surface area contributed by atoms with Crippen molar-refractivity contribution in [2.45, 2.75) is 26.6 Å². The quantitative estimate of drug-likeness (QED) is 0.933. The fraction of sp³-hybridized carbons (Fsp3) is 0.235. The van der Waals surface area contributed by atoms with Gasteiger partial charge in [0.2, 0.25) is 0 Å². The fourth-order valence-corrected chi connectivity index (χ4v) is 2.02. The van der Waals surface area contributed by atoms with Crippen LogP contribution in [-0.2, 0) is 6.61 Å². The minimum absolute atomic E-state index is 0.00362. The molecule has 0 saturated carbocycles. The highest BCUT2D eigenvalue weighted by Crippen LogP contribution is 2.27. The minimum atomic E-state index is -0.636. The van der Waals surface area contributed by atoms with Crippen LogP contribution < -0.4 is 4.74 Å². The van der Waals surface area contributed by atoms with E-state index in [1.54, 1.807) is 19.1 Å². The third-order valence-corrected chi connectivity index (χ3v) is 3.16. The van der Waals surface area contributed by atoms with Gasteiger partial charge in [0.25, 0.3) is 0 Å². The first-order chi connectivity index (χ1) is 10.0. The molecule has 2 aromatic rings. The highest BCUT2D eigenvalue weighted by atomic mass is 19.1. The lowest BCUT2D eigenvalue weighted by Crippen LogP contribution is -2.02. The Morgan fingerprint density at radius 1 is 1.29 bits per heavy atom. The first kappa shape index (κ1) is 15.0. The number of rotatable bonds is 4. The van der Waals surface area contributed by atoms with E-state index in [0.29, 0.717) is 16.9 Å². The third-order valence-electron chi connectivity index (χ3n) is 3.16. The van der Waals surface area contributed by atoms with Crippen molar-refractivity contribution < 1.29 is 14.2 Å². The van der Waals surface area contributed by atoms with Crippen molar-refractivity contribution in [1.82, 2.24) is 0 Å². The van der Waals surface area contributed by atoms with Crippen LogP contribution in [0.4, 0.5) is 4.39 Å². The molecule has 0 bridgehead atoms. The largest absolute Gasteiger partial charge is 0.489 e. The Morgan fingerprint density at radius 2 is 2.05 bits per heavy atom. The zero-order chi connectivity index (χ0) is 15.4. The van der Waals surface area contributed by atoms with Crippen LogP contribution in [-0.4, -0.2) is 5.11 Å². The van der Waals surface area contributed by atoms with Gasteiger partial charge in [-0.1, -0.05) is 18.2 Å². The molecular formula is C17H16FNO2. The maximum Gasteiger partial charge on any atom is 0.140 e. The number of benzene rings is 2. The smallest absolute Gasteiger partial charge is 0.140 e. The molecule has 1 atom stereocenters. The first-order valence-electron chi connectivity index (χ1n) is 6.61. The van der Waals surface area contributed by atoms with Gasteiger partial charge in [0.05, 0.1) is 11.7 Å². The molecule has 0 saturated heterocycles. The van der Waals surface area contributed by atoms with Crippen molar-refractivity contribution in [3.63, 3.8) is 0 Å². The third kappa shape index (κ3) is 3.59. The van der Waals surface area contributed by atoms with E-state index in [0.717, 1.165) is 5.56 Å². The van der Waals surface area contributed by atoms with Crippen LogP contribution in [0.15, 0.2) is 36.4 Å². The second-order valence-corrected chi connectivity index (χ2v) is 4.93. The highest BCUT2D eigenvalue weighted by Gasteiger charge is 2.10. The number of hydrogen-bond donors (Lipinski definition) is 1. The van der Waals surface area contributed by atoms with E-state index in [-0.39, 0.29) is 12.2 Å². The lowest BCUT2D eigenvalue weighted by atomic mass is 10.1. The van der Waals surface area contributed by atoms with Crippen molar-refractivity contribution >= 4 is 0 Å². The molecule has 1 N–H and O–H groups in total. The lowest BCUT2D eigenvalue weighted by Gasteiger charge is -2.14. The predicted octanol–water partition coefficient (Wildman–Crippen LogP) is 3.64. The number of ether oxygens (including phenoxy) is 1. The summed E-state index contributed by atoms with van der Waals surface area (Å²) < 4.78 is 19.0. The summed E-state index contributed by atoms with van der Waals surface area (Å²) in [6.45, 7) is 3.81. The van der Waals surface area contributed by atoms with Gasteiger partial charge in [-0.2, -0.15) is 5.26 Å². The second kappa shape index (κ2) is 6.38. The SMILES string of the molecule is Cc1ccc([C@@H](C)O)c(OCc2ccc(F)c(C#N)c2)c1. The molecule has 0 amide bonds. The average molecular weight is 285 g/mol. The van der Waals surface area contributed by atoms with Gasteiger partial charge < -0.3 is 9.84 Å². The summed E-state index contributed by atoms with van der Waals surface area (Å²) in [6, 6.07) is 11.7. The summed E-state index contributed by atoms with van der Waals surface area (Å²) in [5.74, 6) is 0.0503. The molecule has 4 heteroatoms. The van der Waals surface area contributed by atoms with Gasteiger partial charge in [-0.15, -0.1) is 0 Å². The molecule has 0 unspecified atom stereocenters. The van der Waals surface area contributed by atoms with E-state index in [9.17, 15) is 9.50 Å². The summed E-state index contributed by atoms with van der Waals surface area (Å²) in [7, 11) is 0. The Hall–Kier alpha value is -2.38. The molecule has 108 valence electrons. The van der Waals surface area contributed by atoms with Crippen LogP contribution in [0.1, 0.15) is 35.3 Å². The van der Waals surface area contributed by atoms with Crippen LogP contribution >= 0.6 is 0 Å². The van der Waals surface area contributed by atoms with E-state index in [4.69, 9.17) is 10.00 Å². The standard InChI is InChI=1S/C17H16FNO2/c1-11-3-5-15(12(2)20)17(7-11)21-10-13-4-6-16(18)14(8-13)9-19/h3-8,12,20H,10H2,1-2H3/t12-/m1/s1. The Balaban J connectivity index is 2.20. The summed E-state index contributed by atoms with van der Waals surface area (Å²) in [5, 5.41) is 18.6. The number of nitriles is 1. The molecule has 0 heterocycles. The monoisotopic (exact) mass is 285 g/mol. The van der Waals surface area contributed by atoms with Crippen molar-refractivity contribution in [3.8, 4) is 11.8 Å². The summed E-state index contributed by atoms with van der Waals surface area (Å²) in [5.41, 5.74) is 2.41. The zero-order valence-electron chi connectivity index (χ0n) is 11.9. The Labute approximate surface area is 123 Å². The molecule has 3 nitrogen and oxygen atoms in total. The Bertz CT molecular complexity index is 690. The van der Waals surface area contributed by atoms with Crippen LogP contribution in [0.2, 0.25) is 0 Å². The maximum atomic E-state index is 13.3. The van der Waals surface area contributed by atoms with E-state index in [2.05, 4.69) is 0 Å². The normalized spacial score (nSPS) is 11.8. The van der Waals surface area contributed by atoms with E-state index >= 15 is 0 Å². The summed E-state index contributed by atoms with van der Waals surface area (Å²) in [6.07, 6.45) is -0.636. The number of aryl methyl sites for hydroxylation is 1. The first-order valence-corrected chi connectivity index (χ1v) is 6.61. The van der Waals surface area contributed by atoms with E-state index in [1.807, 2.05) is 25.1 Å². The molecule has 2 aromatic carbocycles. The molecule has 0 radical (unpaired) electrons. The Kier molecular flexibility index (Phi) is 4.56. The van der Waals surface area contributed by atoms with E-state index < -0.39 is 11.9 Å². The topological polar surface area (TPSA) is 53.2 Å². The van der Waals surface area contributed by atoms with Crippen molar-refractivity contribution in [3.05, 3.63) is 64.5 Å². The second-order valence-electron chi connectivity index (χ2n) is 4.93. The van der Waals surface area contributed by atoms with Crippen molar-refractivity contribution in [2.24, 2.45) is 0 Å². The molecule has 0 fully saturated rings. The maximum absolute atomic E-state index is 13.3. The minimum Gasteiger partial charge on any atom is -0.489 e. The number of halogens is 1. The van der Waals surface area contributed by atoms with Crippen LogP contribution in [0.5, 0.6) is 5.75 Å². The number of aliphatic hydroxyl groups excluding tert-OH is 1. The van der Waals surface area contributed by atoms with Crippen LogP contribution in [0.25, 0.3) is 0 Å². The van der Waals surface area contributed by atoms with E-state index in [1.165, 1.54) is 12.1 Å². The van der Waals surface area contributed by atoms with Gasteiger partial charge in [0, 0.05) is 5.56 Å². The highest BCUT2D eigenvalue weighted by molar-refractivity contribution is 5.39. The van der Waals surface area contributed by atoms with Gasteiger partial charge in [-0.3, -0.25) is 0 Å². The lowest BCUT2D eigenvalue weighted by molar-refractivity contribution is 0.190. The molecule has 0 spiro atoms. The predicted molar refractivity (Wildman–Crippen MR) is 77.3 cm³/mol. The molecule has 0 aliphatic rings. The molecule has 0 aliphatic heterocycles. The molecule has 0 aliphatic carbocycles. The average Bonchev–Trinajstić information content (AvgIpc) is 2.46. The number of hydrogen-bond acceptors (Lipinski definition) is 3. The fourth-order valence-electron chi connectivity index (χ4n) is 2.02. The van der Waals surface area contributed by atoms with Crippen molar-refractivity contribution in [1.29, 1.82) is 5.26 Å². The Morgan fingerprint density at radius 3 is 2.71 bits per heavy atom. The number of aliphatic hydroxyl groups is 1. The van der Waals surface area contributed by atoms with Gasteiger partial charge in [-0.25, -0.2) is 4.39 Å². The molecule has 21 heavy (non-hydrogen) atoms.